The lowest BCUT2D eigenvalue weighted by Gasteiger charge is -2.28. The molecule has 0 aromatic heterocycles. The molecule has 1 N–H and O–H groups in total. The Hall–Kier alpha value is -1.55. The van der Waals surface area contributed by atoms with Crippen molar-refractivity contribution in [2.75, 3.05) is 13.2 Å². The normalized spacial score (nSPS) is 14.4. The van der Waals surface area contributed by atoms with Gasteiger partial charge in [0.25, 0.3) is 0 Å². The lowest BCUT2D eigenvalue weighted by atomic mass is 9.98. The number of fused-ring (bicyclic) bond motifs is 1. The van der Waals surface area contributed by atoms with E-state index in [0.717, 1.165) is 17.5 Å². The van der Waals surface area contributed by atoms with Gasteiger partial charge in [0.1, 0.15) is 0 Å². The van der Waals surface area contributed by atoms with Gasteiger partial charge in [-0.2, -0.15) is 0 Å². The second kappa shape index (κ2) is 6.06. The number of benzene rings is 1. The van der Waals surface area contributed by atoms with Crippen molar-refractivity contribution < 1.29 is 14.6 Å². The smallest absolute Gasteiger partial charge is 0.410 e. The van der Waals surface area contributed by atoms with Crippen LogP contribution in [0.5, 0.6) is 0 Å². The number of ether oxygens (including phenoxy) is 1. The minimum absolute atomic E-state index is 0.0328. The first-order valence-corrected chi connectivity index (χ1v) is 6.73. The standard InChI is InChI=1S/C15H21NO3/c1-11(2)10-19-15(18)16-6-5-13-4-3-12(9-17)7-14(13)8-16/h3-4,7,11,17H,5-6,8-10H2,1-2H3. The molecule has 0 aliphatic carbocycles. The van der Waals surface area contributed by atoms with Crippen molar-refractivity contribution in [3.63, 3.8) is 0 Å². The van der Waals surface area contributed by atoms with Gasteiger partial charge in [-0.3, -0.25) is 0 Å². The average Bonchev–Trinajstić information content (AvgIpc) is 2.43. The summed E-state index contributed by atoms with van der Waals surface area (Å²) in [5.74, 6) is 0.349. The van der Waals surface area contributed by atoms with Crippen molar-refractivity contribution in [1.82, 2.24) is 4.90 Å². The van der Waals surface area contributed by atoms with E-state index in [4.69, 9.17) is 9.84 Å². The number of carbonyl (C=O) groups is 1. The second-order valence-electron chi connectivity index (χ2n) is 5.40. The third-order valence-corrected chi connectivity index (χ3v) is 3.26. The van der Waals surface area contributed by atoms with Gasteiger partial charge in [-0.1, -0.05) is 32.0 Å². The molecule has 1 aromatic rings. The molecule has 0 saturated heterocycles. The highest BCUT2D eigenvalue weighted by atomic mass is 16.6. The first-order chi connectivity index (χ1) is 9.10. The molecule has 1 aliphatic rings. The minimum Gasteiger partial charge on any atom is -0.449 e. The van der Waals surface area contributed by atoms with E-state index in [0.29, 0.717) is 25.6 Å². The lowest BCUT2D eigenvalue weighted by molar-refractivity contribution is 0.0879. The van der Waals surface area contributed by atoms with Gasteiger partial charge < -0.3 is 14.7 Å². The first kappa shape index (κ1) is 13.9. The van der Waals surface area contributed by atoms with Gasteiger partial charge in [0, 0.05) is 13.1 Å². The van der Waals surface area contributed by atoms with Gasteiger partial charge >= 0.3 is 6.09 Å². The van der Waals surface area contributed by atoms with Gasteiger partial charge in [0.2, 0.25) is 0 Å². The Morgan fingerprint density at radius 2 is 2.21 bits per heavy atom. The van der Waals surface area contributed by atoms with Crippen LogP contribution >= 0.6 is 0 Å². The van der Waals surface area contributed by atoms with Crippen molar-refractivity contribution in [1.29, 1.82) is 0 Å². The molecule has 0 fully saturated rings. The molecule has 1 aromatic carbocycles. The molecular formula is C15H21NO3. The summed E-state index contributed by atoms with van der Waals surface area (Å²) in [7, 11) is 0. The zero-order valence-corrected chi connectivity index (χ0v) is 11.6. The van der Waals surface area contributed by atoms with E-state index in [-0.39, 0.29) is 12.7 Å². The number of carbonyl (C=O) groups excluding carboxylic acids is 1. The van der Waals surface area contributed by atoms with Crippen LogP contribution in [0.15, 0.2) is 18.2 Å². The predicted octanol–water partition coefficient (Wildman–Crippen LogP) is 2.33. The van der Waals surface area contributed by atoms with Crippen LogP contribution in [0.1, 0.15) is 30.5 Å². The Bertz CT molecular complexity index is 457. The summed E-state index contributed by atoms with van der Waals surface area (Å²) >= 11 is 0. The molecule has 1 amide bonds. The van der Waals surface area contributed by atoms with Crippen LogP contribution < -0.4 is 0 Å². The molecule has 0 saturated carbocycles. The van der Waals surface area contributed by atoms with Gasteiger partial charge in [-0.25, -0.2) is 4.79 Å². The second-order valence-corrected chi connectivity index (χ2v) is 5.40. The Balaban J connectivity index is 2.02. The number of rotatable bonds is 3. The molecule has 1 aliphatic heterocycles. The van der Waals surface area contributed by atoms with Crippen LogP contribution in [0.4, 0.5) is 4.79 Å². The summed E-state index contributed by atoms with van der Waals surface area (Å²) in [5.41, 5.74) is 3.25. The van der Waals surface area contributed by atoms with E-state index >= 15 is 0 Å². The molecule has 0 atom stereocenters. The monoisotopic (exact) mass is 263 g/mol. The fourth-order valence-corrected chi connectivity index (χ4v) is 2.19. The van der Waals surface area contributed by atoms with E-state index in [1.807, 2.05) is 32.0 Å². The highest BCUT2D eigenvalue weighted by molar-refractivity contribution is 5.68. The zero-order chi connectivity index (χ0) is 13.8. The van der Waals surface area contributed by atoms with E-state index in [2.05, 4.69) is 0 Å². The molecule has 19 heavy (non-hydrogen) atoms. The molecule has 104 valence electrons. The van der Waals surface area contributed by atoms with E-state index < -0.39 is 0 Å². The number of hydrogen-bond acceptors (Lipinski definition) is 3. The van der Waals surface area contributed by atoms with Crippen LogP contribution in [-0.2, 0) is 24.3 Å². The molecule has 0 unspecified atom stereocenters. The minimum atomic E-state index is -0.242. The quantitative estimate of drug-likeness (QED) is 0.910. The third-order valence-electron chi connectivity index (χ3n) is 3.26. The molecule has 4 heteroatoms. The molecule has 0 bridgehead atoms. The number of hydrogen-bond donors (Lipinski definition) is 1. The fraction of sp³-hybridized carbons (Fsp3) is 0.533. The van der Waals surface area contributed by atoms with Gasteiger partial charge in [-0.15, -0.1) is 0 Å². The molecule has 0 radical (unpaired) electrons. The third kappa shape index (κ3) is 3.47. The van der Waals surface area contributed by atoms with Gasteiger partial charge in [0.05, 0.1) is 13.2 Å². The van der Waals surface area contributed by atoms with Crippen LogP contribution in [0.3, 0.4) is 0 Å². The summed E-state index contributed by atoms with van der Waals surface area (Å²) in [6.45, 7) is 5.80. The van der Waals surface area contributed by atoms with Crippen molar-refractivity contribution in [3.8, 4) is 0 Å². The Morgan fingerprint density at radius 3 is 2.89 bits per heavy atom. The largest absolute Gasteiger partial charge is 0.449 e. The zero-order valence-electron chi connectivity index (χ0n) is 11.6. The van der Waals surface area contributed by atoms with Gasteiger partial charge in [0.15, 0.2) is 0 Å². The summed E-state index contributed by atoms with van der Waals surface area (Å²) in [6.07, 6.45) is 0.603. The van der Waals surface area contributed by atoms with Crippen molar-refractivity contribution in [3.05, 3.63) is 34.9 Å². The SMILES string of the molecule is CC(C)COC(=O)N1CCc2ccc(CO)cc2C1. The molecule has 4 nitrogen and oxygen atoms in total. The predicted molar refractivity (Wildman–Crippen MR) is 72.7 cm³/mol. The van der Waals surface area contributed by atoms with Crippen LogP contribution in [0.2, 0.25) is 0 Å². The summed E-state index contributed by atoms with van der Waals surface area (Å²) < 4.78 is 5.25. The summed E-state index contributed by atoms with van der Waals surface area (Å²) in [6, 6.07) is 5.94. The van der Waals surface area contributed by atoms with E-state index in [9.17, 15) is 4.79 Å². The molecule has 0 spiro atoms. The van der Waals surface area contributed by atoms with Crippen molar-refractivity contribution in [2.24, 2.45) is 5.92 Å². The Kier molecular flexibility index (Phi) is 4.43. The topological polar surface area (TPSA) is 49.8 Å². The molecule has 1 heterocycles. The number of nitrogens with zero attached hydrogens (tertiary/aromatic N) is 1. The maximum absolute atomic E-state index is 11.9. The number of amides is 1. The van der Waals surface area contributed by atoms with Gasteiger partial charge in [-0.05, 0) is 29.0 Å². The first-order valence-electron chi connectivity index (χ1n) is 6.73. The number of aliphatic hydroxyl groups excluding tert-OH is 1. The molecule has 2 rings (SSSR count). The lowest BCUT2D eigenvalue weighted by Crippen LogP contribution is -2.36. The highest BCUT2D eigenvalue weighted by Gasteiger charge is 2.22. The summed E-state index contributed by atoms with van der Waals surface area (Å²) in [4.78, 5) is 13.6. The maximum Gasteiger partial charge on any atom is 0.410 e. The Labute approximate surface area is 114 Å². The number of aliphatic hydroxyl groups is 1. The fourth-order valence-electron chi connectivity index (χ4n) is 2.19. The van der Waals surface area contributed by atoms with E-state index in [1.54, 1.807) is 4.90 Å². The van der Waals surface area contributed by atoms with Crippen molar-refractivity contribution in [2.45, 2.75) is 33.4 Å². The average molecular weight is 263 g/mol. The Morgan fingerprint density at radius 1 is 1.42 bits per heavy atom. The highest BCUT2D eigenvalue weighted by Crippen LogP contribution is 2.21. The van der Waals surface area contributed by atoms with Crippen LogP contribution in [0, 0.1) is 5.92 Å². The van der Waals surface area contributed by atoms with Crippen LogP contribution in [-0.4, -0.2) is 29.3 Å². The molecular weight excluding hydrogens is 242 g/mol. The maximum atomic E-state index is 11.9. The van der Waals surface area contributed by atoms with Crippen molar-refractivity contribution >= 4 is 6.09 Å². The summed E-state index contributed by atoms with van der Waals surface area (Å²) in [5, 5.41) is 9.15. The van der Waals surface area contributed by atoms with Crippen LogP contribution in [0.25, 0.3) is 0 Å². The van der Waals surface area contributed by atoms with E-state index in [1.165, 1.54) is 5.56 Å².